The minimum absolute atomic E-state index is 0.00197. The number of hydrogen-bond donors (Lipinski definition) is 0. The van der Waals surface area contributed by atoms with Gasteiger partial charge in [-0.2, -0.15) is 0 Å². The molecule has 2 amide bonds. The summed E-state index contributed by atoms with van der Waals surface area (Å²) in [6.45, 7) is 4.85. The fourth-order valence-corrected chi connectivity index (χ4v) is 6.89. The van der Waals surface area contributed by atoms with Crippen LogP contribution in [-0.2, 0) is 9.59 Å². The molecule has 4 rings (SSSR count). The fourth-order valence-electron chi connectivity index (χ4n) is 6.89. The predicted molar refractivity (Wildman–Crippen MR) is 92.6 cm³/mol. The summed E-state index contributed by atoms with van der Waals surface area (Å²) in [6, 6.07) is 0.122. The van der Waals surface area contributed by atoms with E-state index in [9.17, 15) is 9.59 Å². The summed E-state index contributed by atoms with van der Waals surface area (Å²) in [5.74, 6) is 2.23. The summed E-state index contributed by atoms with van der Waals surface area (Å²) in [4.78, 5) is 23.7. The molecule has 3 saturated carbocycles. The van der Waals surface area contributed by atoms with Crippen LogP contribution in [0.25, 0.3) is 0 Å². The van der Waals surface area contributed by atoms with Crippen molar-refractivity contribution in [3.63, 3.8) is 0 Å². The van der Waals surface area contributed by atoms with Crippen LogP contribution in [0.3, 0.4) is 0 Å². The average molecular weight is 330 g/mol. The van der Waals surface area contributed by atoms with Crippen molar-refractivity contribution in [1.29, 1.82) is 0 Å². The van der Waals surface area contributed by atoms with Crippen molar-refractivity contribution in [2.75, 3.05) is 7.05 Å². The van der Waals surface area contributed by atoms with Crippen LogP contribution in [0.2, 0.25) is 0 Å². The average Bonchev–Trinajstić information content (AvgIpc) is 2.96. The first-order valence-electron chi connectivity index (χ1n) is 9.61. The summed E-state index contributed by atoms with van der Waals surface area (Å²) in [6.07, 6.45) is 13.6. The first kappa shape index (κ1) is 16.2. The number of rotatable bonds is 2. The van der Waals surface area contributed by atoms with E-state index in [0.29, 0.717) is 11.3 Å². The molecule has 4 nitrogen and oxygen atoms in total. The highest BCUT2D eigenvalue weighted by atomic mass is 16.2. The SMILES string of the molecule is CN(C=O)N1C(=O)C=C[C@@]2(C)C1CC[C@@H]1[C@H]2CC[C@]2(C)CCC[C@@H]12. The van der Waals surface area contributed by atoms with E-state index in [4.69, 9.17) is 0 Å². The number of nitrogens with zero attached hydrogens (tertiary/aromatic N) is 2. The lowest BCUT2D eigenvalue weighted by Gasteiger charge is -2.60. The van der Waals surface area contributed by atoms with Crippen molar-refractivity contribution in [3.05, 3.63) is 12.2 Å². The molecule has 1 unspecified atom stereocenters. The summed E-state index contributed by atoms with van der Waals surface area (Å²) < 4.78 is 0. The Kier molecular flexibility index (Phi) is 3.59. The van der Waals surface area contributed by atoms with Crippen LogP contribution in [0, 0.1) is 28.6 Å². The molecule has 0 bridgehead atoms. The van der Waals surface area contributed by atoms with E-state index in [-0.39, 0.29) is 17.4 Å². The topological polar surface area (TPSA) is 40.6 Å². The van der Waals surface area contributed by atoms with Gasteiger partial charge in [0, 0.05) is 18.5 Å². The molecule has 0 aromatic heterocycles. The third-order valence-electron chi connectivity index (χ3n) is 8.11. The number of hydrazine groups is 1. The Labute approximate surface area is 145 Å². The molecule has 24 heavy (non-hydrogen) atoms. The number of carbonyl (C=O) groups excluding carboxylic acids is 2. The van der Waals surface area contributed by atoms with Gasteiger partial charge in [0.1, 0.15) is 0 Å². The Balaban J connectivity index is 1.69. The smallest absolute Gasteiger partial charge is 0.265 e. The lowest BCUT2D eigenvalue weighted by molar-refractivity contribution is -0.173. The van der Waals surface area contributed by atoms with Gasteiger partial charge in [0.15, 0.2) is 0 Å². The van der Waals surface area contributed by atoms with Gasteiger partial charge in [-0.15, -0.1) is 0 Å². The van der Waals surface area contributed by atoms with E-state index in [2.05, 4.69) is 19.9 Å². The minimum Gasteiger partial charge on any atom is -0.277 e. The summed E-state index contributed by atoms with van der Waals surface area (Å²) in [7, 11) is 1.70. The molecule has 4 heteroatoms. The zero-order chi connectivity index (χ0) is 17.1. The van der Waals surface area contributed by atoms with Crippen molar-refractivity contribution in [2.24, 2.45) is 28.6 Å². The third kappa shape index (κ3) is 2.04. The van der Waals surface area contributed by atoms with E-state index in [0.717, 1.165) is 24.7 Å². The van der Waals surface area contributed by atoms with Crippen molar-refractivity contribution >= 4 is 12.3 Å². The van der Waals surface area contributed by atoms with Gasteiger partial charge in [-0.05, 0) is 61.7 Å². The molecule has 0 spiro atoms. The molecule has 6 atom stereocenters. The van der Waals surface area contributed by atoms with Crippen LogP contribution >= 0.6 is 0 Å². The van der Waals surface area contributed by atoms with Gasteiger partial charge in [-0.1, -0.05) is 26.3 Å². The van der Waals surface area contributed by atoms with Gasteiger partial charge >= 0.3 is 0 Å². The molecule has 132 valence electrons. The highest BCUT2D eigenvalue weighted by molar-refractivity contribution is 5.89. The van der Waals surface area contributed by atoms with Crippen LogP contribution < -0.4 is 0 Å². The van der Waals surface area contributed by atoms with Crippen LogP contribution in [0.4, 0.5) is 0 Å². The second kappa shape index (κ2) is 5.34. The first-order chi connectivity index (χ1) is 11.4. The van der Waals surface area contributed by atoms with Crippen molar-refractivity contribution in [1.82, 2.24) is 10.0 Å². The van der Waals surface area contributed by atoms with Gasteiger partial charge in [-0.25, -0.2) is 5.01 Å². The van der Waals surface area contributed by atoms with Crippen LogP contribution in [0.15, 0.2) is 12.2 Å². The molecule has 0 radical (unpaired) electrons. The maximum absolute atomic E-state index is 12.4. The molecule has 1 heterocycles. The third-order valence-corrected chi connectivity index (χ3v) is 8.11. The normalized spacial score (nSPS) is 47.0. The Morgan fingerprint density at radius 3 is 2.71 bits per heavy atom. The standard InChI is InChI=1S/C20H30N2O2/c1-19-10-4-5-15(19)14-6-7-17-20(2,16(14)8-11-19)12-9-18(24)22(17)21(3)13-23/h9,12-17H,4-8,10-11H2,1-3H3/t14-,15-,16+,17?,19-,20+/m0/s1. The van der Waals surface area contributed by atoms with Crippen molar-refractivity contribution in [2.45, 2.75) is 64.8 Å². The van der Waals surface area contributed by atoms with E-state index in [1.54, 1.807) is 18.1 Å². The van der Waals surface area contributed by atoms with Gasteiger partial charge in [0.2, 0.25) is 6.41 Å². The number of carbonyl (C=O) groups is 2. The predicted octanol–water partition coefficient (Wildman–Crippen LogP) is 3.39. The Bertz CT molecular complexity index is 588. The molecule has 3 fully saturated rings. The second-order valence-electron chi connectivity index (χ2n) is 9.12. The van der Waals surface area contributed by atoms with E-state index < -0.39 is 0 Å². The number of fused-ring (bicyclic) bond motifs is 5. The van der Waals surface area contributed by atoms with Gasteiger partial charge < -0.3 is 0 Å². The van der Waals surface area contributed by atoms with Gasteiger partial charge in [-0.3, -0.25) is 14.6 Å². The first-order valence-corrected chi connectivity index (χ1v) is 9.61. The summed E-state index contributed by atoms with van der Waals surface area (Å²) in [5, 5.41) is 3.17. The largest absolute Gasteiger partial charge is 0.277 e. The molecule has 0 aromatic rings. The van der Waals surface area contributed by atoms with Gasteiger partial charge in [0.25, 0.3) is 5.91 Å². The Morgan fingerprint density at radius 2 is 1.96 bits per heavy atom. The molecule has 1 aliphatic heterocycles. The quantitative estimate of drug-likeness (QED) is 0.728. The lowest BCUT2D eigenvalue weighted by Crippen LogP contribution is -2.63. The van der Waals surface area contributed by atoms with E-state index >= 15 is 0 Å². The summed E-state index contributed by atoms with van der Waals surface area (Å²) >= 11 is 0. The lowest BCUT2D eigenvalue weighted by atomic mass is 9.48. The molecular weight excluding hydrogens is 300 g/mol. The molecule has 0 saturated heterocycles. The molecular formula is C20H30N2O2. The Morgan fingerprint density at radius 1 is 1.17 bits per heavy atom. The van der Waals surface area contributed by atoms with Crippen molar-refractivity contribution in [3.8, 4) is 0 Å². The maximum Gasteiger partial charge on any atom is 0.265 e. The molecule has 0 aromatic carbocycles. The van der Waals surface area contributed by atoms with Gasteiger partial charge in [0.05, 0.1) is 6.04 Å². The van der Waals surface area contributed by atoms with Crippen LogP contribution in [0.1, 0.15) is 58.8 Å². The van der Waals surface area contributed by atoms with Crippen molar-refractivity contribution < 1.29 is 9.59 Å². The number of hydrogen-bond acceptors (Lipinski definition) is 2. The highest BCUT2D eigenvalue weighted by Gasteiger charge is 2.58. The van der Waals surface area contributed by atoms with E-state index in [1.807, 2.05) is 0 Å². The maximum atomic E-state index is 12.4. The minimum atomic E-state index is -0.0490. The fraction of sp³-hybridized carbons (Fsp3) is 0.800. The highest BCUT2D eigenvalue weighted by Crippen LogP contribution is 2.63. The van der Waals surface area contributed by atoms with E-state index in [1.165, 1.54) is 43.5 Å². The zero-order valence-electron chi connectivity index (χ0n) is 15.2. The molecule has 4 aliphatic rings. The van der Waals surface area contributed by atoms with Crippen LogP contribution in [-0.4, -0.2) is 35.4 Å². The molecule has 3 aliphatic carbocycles. The Hall–Kier alpha value is -1.32. The van der Waals surface area contributed by atoms with Crippen LogP contribution in [0.5, 0.6) is 0 Å². The number of amides is 2. The zero-order valence-corrected chi connectivity index (χ0v) is 15.2. The summed E-state index contributed by atoms with van der Waals surface area (Å²) in [5.41, 5.74) is 0.551. The molecule has 0 N–H and O–H groups in total. The monoisotopic (exact) mass is 330 g/mol. The second-order valence-corrected chi connectivity index (χ2v) is 9.12.